The third kappa shape index (κ3) is 2.70. The van der Waals surface area contributed by atoms with Crippen LogP contribution in [-0.2, 0) is 0 Å². The van der Waals surface area contributed by atoms with Crippen molar-refractivity contribution in [1.29, 1.82) is 0 Å². The summed E-state index contributed by atoms with van der Waals surface area (Å²) in [7, 11) is 0. The number of fused-ring (bicyclic) bond motifs is 1. The maximum Gasteiger partial charge on any atom is 0.261 e. The highest BCUT2D eigenvalue weighted by molar-refractivity contribution is 6.22. The van der Waals surface area contributed by atoms with Gasteiger partial charge in [-0.3, -0.25) is 19.3 Å². The molecule has 23 heavy (non-hydrogen) atoms. The number of hydrogen-bond acceptors (Lipinski definition) is 5. The van der Waals surface area contributed by atoms with Gasteiger partial charge in [-0.15, -0.1) is 5.10 Å². The van der Waals surface area contributed by atoms with Crippen molar-refractivity contribution in [2.45, 2.75) is 13.8 Å². The molecule has 3 rings (SSSR count). The smallest absolute Gasteiger partial charge is 0.261 e. The summed E-state index contributed by atoms with van der Waals surface area (Å²) in [5, 5.41) is 12.2. The van der Waals surface area contributed by atoms with Crippen molar-refractivity contribution in [2.24, 2.45) is 5.92 Å². The highest BCUT2D eigenvalue weighted by atomic mass is 16.2. The zero-order valence-electron chi connectivity index (χ0n) is 12.7. The fraction of sp³-hybridized carbons (Fsp3) is 0.267. The Kier molecular flexibility index (Phi) is 3.65. The average molecular weight is 313 g/mol. The quantitative estimate of drug-likeness (QED) is 0.827. The molecule has 2 N–H and O–H groups in total. The Labute approximate surface area is 131 Å². The lowest BCUT2D eigenvalue weighted by Crippen LogP contribution is -2.33. The zero-order valence-corrected chi connectivity index (χ0v) is 12.7. The van der Waals surface area contributed by atoms with E-state index in [-0.39, 0.29) is 34.7 Å². The molecule has 0 spiro atoms. The number of hydrogen-bond donors (Lipinski definition) is 2. The monoisotopic (exact) mass is 313 g/mol. The van der Waals surface area contributed by atoms with Crippen molar-refractivity contribution in [3.05, 3.63) is 41.1 Å². The molecule has 0 fully saturated rings. The minimum Gasteiger partial charge on any atom is -0.304 e. The van der Waals surface area contributed by atoms with Crippen LogP contribution in [0.3, 0.4) is 0 Å². The van der Waals surface area contributed by atoms with Gasteiger partial charge in [0.05, 0.1) is 17.3 Å². The van der Waals surface area contributed by atoms with Gasteiger partial charge in [0.1, 0.15) is 0 Å². The highest BCUT2D eigenvalue weighted by Gasteiger charge is 2.36. The summed E-state index contributed by atoms with van der Waals surface area (Å²) in [6.45, 7) is 4.22. The van der Waals surface area contributed by atoms with Gasteiger partial charge >= 0.3 is 0 Å². The van der Waals surface area contributed by atoms with Crippen LogP contribution in [0.4, 0.5) is 5.82 Å². The van der Waals surface area contributed by atoms with Crippen LogP contribution >= 0.6 is 0 Å². The van der Waals surface area contributed by atoms with E-state index in [9.17, 15) is 14.4 Å². The molecule has 0 radical (unpaired) electrons. The van der Waals surface area contributed by atoms with Gasteiger partial charge in [-0.2, -0.15) is 10.3 Å². The van der Waals surface area contributed by atoms with Gasteiger partial charge < -0.3 is 5.32 Å². The molecule has 8 nitrogen and oxygen atoms in total. The maximum absolute atomic E-state index is 12.4. The van der Waals surface area contributed by atoms with E-state index in [1.165, 1.54) is 29.3 Å². The first-order valence-electron chi connectivity index (χ1n) is 7.14. The first kappa shape index (κ1) is 14.9. The SMILES string of the molecule is CC(C)CN1C(=O)c2ccc(C(=O)Nc3cn[nH]n3)cc2C1=O. The molecule has 0 aliphatic carbocycles. The first-order valence-corrected chi connectivity index (χ1v) is 7.14. The van der Waals surface area contributed by atoms with E-state index in [2.05, 4.69) is 20.7 Å². The molecule has 0 bridgehead atoms. The number of aromatic nitrogens is 3. The molecule has 0 unspecified atom stereocenters. The molecule has 0 saturated heterocycles. The van der Waals surface area contributed by atoms with Crippen molar-refractivity contribution >= 4 is 23.5 Å². The van der Waals surface area contributed by atoms with Crippen molar-refractivity contribution in [2.75, 3.05) is 11.9 Å². The summed E-state index contributed by atoms with van der Waals surface area (Å²) < 4.78 is 0. The van der Waals surface area contributed by atoms with Gasteiger partial charge in [0.25, 0.3) is 17.7 Å². The predicted octanol–water partition coefficient (Wildman–Crippen LogP) is 1.31. The molecule has 118 valence electrons. The molecule has 3 amide bonds. The Morgan fingerprint density at radius 1 is 1.26 bits per heavy atom. The first-order chi connectivity index (χ1) is 11.0. The molecule has 2 aromatic rings. The summed E-state index contributed by atoms with van der Waals surface area (Å²) in [6.07, 6.45) is 1.37. The van der Waals surface area contributed by atoms with Crippen molar-refractivity contribution in [1.82, 2.24) is 20.3 Å². The number of nitrogens with zero attached hydrogens (tertiary/aromatic N) is 3. The molecule has 8 heteroatoms. The van der Waals surface area contributed by atoms with Crippen LogP contribution in [0.15, 0.2) is 24.4 Å². The largest absolute Gasteiger partial charge is 0.304 e. The number of rotatable bonds is 4. The molecule has 1 aromatic carbocycles. The number of carbonyl (C=O) groups excluding carboxylic acids is 3. The van der Waals surface area contributed by atoms with E-state index < -0.39 is 5.91 Å². The number of carbonyl (C=O) groups is 3. The Morgan fingerprint density at radius 2 is 2.00 bits per heavy atom. The van der Waals surface area contributed by atoms with Gasteiger partial charge in [-0.25, -0.2) is 0 Å². The van der Waals surface area contributed by atoms with Gasteiger partial charge in [-0.1, -0.05) is 13.8 Å². The van der Waals surface area contributed by atoms with E-state index in [0.717, 1.165) is 0 Å². The summed E-state index contributed by atoms with van der Waals surface area (Å²) in [5.41, 5.74) is 0.858. The fourth-order valence-electron chi connectivity index (χ4n) is 2.41. The van der Waals surface area contributed by atoms with Gasteiger partial charge in [0.2, 0.25) is 0 Å². The van der Waals surface area contributed by atoms with Crippen molar-refractivity contribution < 1.29 is 14.4 Å². The van der Waals surface area contributed by atoms with Gasteiger partial charge in [0.15, 0.2) is 5.82 Å². The average Bonchev–Trinajstić information content (AvgIpc) is 3.10. The Balaban J connectivity index is 1.86. The molecule has 1 aromatic heterocycles. The normalized spacial score (nSPS) is 13.6. The van der Waals surface area contributed by atoms with Gasteiger partial charge in [0, 0.05) is 12.1 Å². The molecular weight excluding hydrogens is 298 g/mol. The lowest BCUT2D eigenvalue weighted by atomic mass is 10.1. The second kappa shape index (κ2) is 5.64. The number of imide groups is 1. The van der Waals surface area contributed by atoms with Crippen LogP contribution in [0.1, 0.15) is 44.9 Å². The molecular formula is C15H15N5O3. The zero-order chi connectivity index (χ0) is 16.6. The molecule has 1 aliphatic heterocycles. The van der Waals surface area contributed by atoms with Crippen LogP contribution in [0.25, 0.3) is 0 Å². The minimum atomic E-state index is -0.427. The Hall–Kier alpha value is -3.03. The van der Waals surface area contributed by atoms with E-state index in [1.54, 1.807) is 0 Å². The summed E-state index contributed by atoms with van der Waals surface area (Å²) >= 11 is 0. The van der Waals surface area contributed by atoms with Crippen LogP contribution in [0.2, 0.25) is 0 Å². The molecule has 2 heterocycles. The standard InChI is InChI=1S/C15H15N5O3/c1-8(2)7-20-14(22)10-4-3-9(5-11(10)15(20)23)13(21)17-12-6-16-19-18-12/h3-6,8H,7H2,1-2H3,(H2,16,17,18,19,21). The van der Waals surface area contributed by atoms with Crippen LogP contribution < -0.4 is 5.32 Å². The Bertz CT molecular complexity index is 782. The minimum absolute atomic E-state index is 0.173. The second-order valence-electron chi connectivity index (χ2n) is 5.68. The van der Waals surface area contributed by atoms with Crippen LogP contribution in [-0.4, -0.2) is 44.6 Å². The summed E-state index contributed by atoms with van der Waals surface area (Å²) in [5.74, 6) is -0.660. The number of anilines is 1. The van der Waals surface area contributed by atoms with Crippen LogP contribution in [0.5, 0.6) is 0 Å². The fourth-order valence-corrected chi connectivity index (χ4v) is 2.41. The van der Waals surface area contributed by atoms with E-state index in [1.807, 2.05) is 13.8 Å². The Morgan fingerprint density at radius 3 is 2.65 bits per heavy atom. The molecule has 0 atom stereocenters. The van der Waals surface area contributed by atoms with Crippen LogP contribution in [0, 0.1) is 5.92 Å². The topological polar surface area (TPSA) is 108 Å². The third-order valence-corrected chi connectivity index (χ3v) is 3.44. The van der Waals surface area contributed by atoms with Crippen molar-refractivity contribution in [3.63, 3.8) is 0 Å². The maximum atomic E-state index is 12.4. The number of nitrogens with one attached hydrogen (secondary N) is 2. The number of aromatic amines is 1. The van der Waals surface area contributed by atoms with E-state index >= 15 is 0 Å². The third-order valence-electron chi connectivity index (χ3n) is 3.44. The second-order valence-corrected chi connectivity index (χ2v) is 5.68. The predicted molar refractivity (Wildman–Crippen MR) is 81.0 cm³/mol. The van der Waals surface area contributed by atoms with E-state index in [0.29, 0.717) is 12.1 Å². The summed E-state index contributed by atoms with van der Waals surface area (Å²) in [4.78, 5) is 38.0. The number of H-pyrrole nitrogens is 1. The lowest BCUT2D eigenvalue weighted by Gasteiger charge is -2.15. The number of amides is 3. The summed E-state index contributed by atoms with van der Waals surface area (Å²) in [6, 6.07) is 4.46. The lowest BCUT2D eigenvalue weighted by molar-refractivity contribution is 0.0636. The van der Waals surface area contributed by atoms with E-state index in [4.69, 9.17) is 0 Å². The van der Waals surface area contributed by atoms with Gasteiger partial charge in [-0.05, 0) is 24.1 Å². The highest BCUT2D eigenvalue weighted by Crippen LogP contribution is 2.25. The number of benzene rings is 1. The molecule has 0 saturated carbocycles. The molecule has 1 aliphatic rings. The van der Waals surface area contributed by atoms with Crippen molar-refractivity contribution in [3.8, 4) is 0 Å².